The molecule has 2 aromatic rings. The summed E-state index contributed by atoms with van der Waals surface area (Å²) in [6, 6.07) is 7.56. The van der Waals surface area contributed by atoms with Gasteiger partial charge in [0.2, 0.25) is 10.0 Å². The van der Waals surface area contributed by atoms with Gasteiger partial charge in [0.15, 0.2) is 0 Å². The second-order valence-corrected chi connectivity index (χ2v) is 9.05. The maximum Gasteiger partial charge on any atom is 0.419 e. The van der Waals surface area contributed by atoms with Gasteiger partial charge in [-0.15, -0.1) is 0 Å². The Kier molecular flexibility index (Phi) is 6.41. The van der Waals surface area contributed by atoms with Crippen LogP contribution >= 0.6 is 0 Å². The number of nitrogens with one attached hydrogen (secondary N) is 1. The molecule has 1 aromatic heterocycles. The third-order valence-corrected chi connectivity index (χ3v) is 6.69. The van der Waals surface area contributed by atoms with E-state index in [1.165, 1.54) is 50.6 Å². The first-order valence-electron chi connectivity index (χ1n) is 9.36. The Balaban J connectivity index is 1.70. The van der Waals surface area contributed by atoms with Crippen molar-refractivity contribution in [2.45, 2.75) is 11.1 Å². The molecule has 0 bridgehead atoms. The number of pyridine rings is 1. The average Bonchev–Trinajstić information content (AvgIpc) is 2.73. The van der Waals surface area contributed by atoms with Gasteiger partial charge in [0.05, 0.1) is 10.5 Å². The van der Waals surface area contributed by atoms with Gasteiger partial charge in [0.1, 0.15) is 5.82 Å². The molecule has 0 aliphatic carbocycles. The SMILES string of the molecule is CN(C)C(=O)Nc1ccc(S(=O)(=O)N2CCN(c3ncccc3C(F)(F)F)CC2)cc1. The first-order chi connectivity index (χ1) is 14.5. The minimum atomic E-state index is -4.55. The maximum absolute atomic E-state index is 13.2. The molecule has 1 saturated heterocycles. The molecule has 1 N–H and O–H groups in total. The summed E-state index contributed by atoms with van der Waals surface area (Å²) in [5, 5.41) is 2.61. The number of alkyl halides is 3. The van der Waals surface area contributed by atoms with Gasteiger partial charge in [0.25, 0.3) is 0 Å². The summed E-state index contributed by atoms with van der Waals surface area (Å²) >= 11 is 0. The van der Waals surface area contributed by atoms with Gasteiger partial charge in [-0.05, 0) is 36.4 Å². The Bertz CT molecular complexity index is 1030. The molecular formula is C19H22F3N5O3S. The molecule has 0 spiro atoms. The summed E-state index contributed by atoms with van der Waals surface area (Å²) in [4.78, 5) is 18.4. The van der Waals surface area contributed by atoms with Crippen LogP contribution in [0.3, 0.4) is 0 Å². The molecule has 8 nitrogen and oxygen atoms in total. The number of benzene rings is 1. The molecule has 1 fully saturated rings. The summed E-state index contributed by atoms with van der Waals surface area (Å²) in [5.41, 5.74) is -0.404. The second-order valence-electron chi connectivity index (χ2n) is 7.11. The van der Waals surface area contributed by atoms with E-state index in [-0.39, 0.29) is 42.9 Å². The Morgan fingerprint density at radius 1 is 1.06 bits per heavy atom. The maximum atomic E-state index is 13.2. The fourth-order valence-corrected chi connectivity index (χ4v) is 4.53. The van der Waals surface area contributed by atoms with Crippen LogP contribution in [0.2, 0.25) is 0 Å². The molecule has 1 aliphatic rings. The third-order valence-electron chi connectivity index (χ3n) is 4.78. The van der Waals surface area contributed by atoms with Crippen molar-refractivity contribution in [3.05, 3.63) is 48.2 Å². The highest BCUT2D eigenvalue weighted by atomic mass is 32.2. The molecule has 1 aromatic carbocycles. The van der Waals surface area contributed by atoms with Crippen molar-refractivity contribution >= 4 is 27.6 Å². The number of rotatable bonds is 4. The molecule has 0 saturated carbocycles. The van der Waals surface area contributed by atoms with E-state index in [1.54, 1.807) is 14.1 Å². The summed E-state index contributed by atoms with van der Waals surface area (Å²) in [7, 11) is -0.667. The predicted molar refractivity (Wildman–Crippen MR) is 109 cm³/mol. The smallest absolute Gasteiger partial charge is 0.353 e. The van der Waals surface area contributed by atoms with E-state index in [0.717, 1.165) is 6.07 Å². The fraction of sp³-hybridized carbons (Fsp3) is 0.368. The summed E-state index contributed by atoms with van der Waals surface area (Å²) in [6.07, 6.45) is -3.26. The molecule has 2 amide bonds. The van der Waals surface area contributed by atoms with E-state index in [9.17, 15) is 26.4 Å². The first-order valence-corrected chi connectivity index (χ1v) is 10.8. The van der Waals surface area contributed by atoms with Crippen LogP contribution in [0.15, 0.2) is 47.5 Å². The zero-order valence-electron chi connectivity index (χ0n) is 16.9. The van der Waals surface area contributed by atoms with Crippen molar-refractivity contribution in [1.29, 1.82) is 0 Å². The average molecular weight is 457 g/mol. The van der Waals surface area contributed by atoms with E-state index < -0.39 is 21.8 Å². The van der Waals surface area contributed by atoms with E-state index in [0.29, 0.717) is 5.69 Å². The number of aromatic nitrogens is 1. The summed E-state index contributed by atoms with van der Waals surface area (Å²) in [6.45, 7) is 0.206. The monoisotopic (exact) mass is 457 g/mol. The van der Waals surface area contributed by atoms with Gasteiger partial charge < -0.3 is 15.1 Å². The predicted octanol–water partition coefficient (Wildman–Crippen LogP) is 2.70. The van der Waals surface area contributed by atoms with Crippen LogP contribution < -0.4 is 10.2 Å². The van der Waals surface area contributed by atoms with E-state index >= 15 is 0 Å². The van der Waals surface area contributed by atoms with Gasteiger partial charge in [-0.25, -0.2) is 18.2 Å². The molecule has 3 rings (SSSR count). The lowest BCUT2D eigenvalue weighted by Gasteiger charge is -2.35. The summed E-state index contributed by atoms with van der Waals surface area (Å²) in [5.74, 6) is -0.201. The molecule has 1 aliphatic heterocycles. The third kappa shape index (κ3) is 5.07. The van der Waals surface area contributed by atoms with Crippen LogP contribution in [0.4, 0.5) is 29.5 Å². The van der Waals surface area contributed by atoms with Crippen LogP contribution in [-0.4, -0.2) is 68.9 Å². The molecular weight excluding hydrogens is 435 g/mol. The number of nitrogens with zero attached hydrogens (tertiary/aromatic N) is 4. The molecule has 0 unspecified atom stereocenters. The van der Waals surface area contributed by atoms with Crippen molar-refractivity contribution in [3.63, 3.8) is 0 Å². The van der Waals surface area contributed by atoms with Crippen molar-refractivity contribution in [2.75, 3.05) is 50.5 Å². The number of urea groups is 1. The Labute approximate surface area is 178 Å². The topological polar surface area (TPSA) is 85.8 Å². The van der Waals surface area contributed by atoms with Gasteiger partial charge >= 0.3 is 12.2 Å². The van der Waals surface area contributed by atoms with E-state index in [4.69, 9.17) is 0 Å². The van der Waals surface area contributed by atoms with Crippen LogP contribution in [0, 0.1) is 0 Å². The second kappa shape index (κ2) is 8.71. The fourth-order valence-electron chi connectivity index (χ4n) is 3.11. The molecule has 0 radical (unpaired) electrons. The van der Waals surface area contributed by atoms with Gasteiger partial charge in [-0.1, -0.05) is 0 Å². The number of carbonyl (C=O) groups is 1. The minimum Gasteiger partial charge on any atom is -0.353 e. The van der Waals surface area contributed by atoms with Gasteiger partial charge in [0, 0.05) is 52.2 Å². The van der Waals surface area contributed by atoms with Crippen molar-refractivity contribution < 1.29 is 26.4 Å². The number of piperazine rings is 1. The number of sulfonamides is 1. The molecule has 168 valence electrons. The zero-order chi connectivity index (χ0) is 22.8. The van der Waals surface area contributed by atoms with Gasteiger partial charge in [-0.2, -0.15) is 17.5 Å². The van der Waals surface area contributed by atoms with Crippen molar-refractivity contribution in [3.8, 4) is 0 Å². The van der Waals surface area contributed by atoms with Crippen LogP contribution in [0.1, 0.15) is 5.56 Å². The molecule has 2 heterocycles. The number of amides is 2. The molecule has 12 heteroatoms. The van der Waals surface area contributed by atoms with Crippen molar-refractivity contribution in [2.24, 2.45) is 0 Å². The number of carbonyl (C=O) groups excluding carboxylic acids is 1. The number of anilines is 2. The lowest BCUT2D eigenvalue weighted by atomic mass is 10.2. The molecule has 0 atom stereocenters. The van der Waals surface area contributed by atoms with E-state index in [2.05, 4.69) is 10.3 Å². The normalized spacial score (nSPS) is 15.6. The lowest BCUT2D eigenvalue weighted by Crippen LogP contribution is -2.49. The number of hydrogen-bond acceptors (Lipinski definition) is 5. The first kappa shape index (κ1) is 22.8. The van der Waals surface area contributed by atoms with Crippen LogP contribution in [-0.2, 0) is 16.2 Å². The quantitative estimate of drug-likeness (QED) is 0.763. The number of halogens is 3. The highest BCUT2D eigenvalue weighted by molar-refractivity contribution is 7.89. The highest BCUT2D eigenvalue weighted by Gasteiger charge is 2.37. The minimum absolute atomic E-state index is 0.0231. The standard InChI is InChI=1S/C19H22F3N5O3S/c1-25(2)18(28)24-14-5-7-15(8-6-14)31(29,30)27-12-10-26(11-13-27)17-16(19(20,21)22)4-3-9-23-17/h3-9H,10-13H2,1-2H3,(H,24,28). The molecule has 31 heavy (non-hydrogen) atoms. The van der Waals surface area contributed by atoms with Crippen molar-refractivity contribution in [1.82, 2.24) is 14.2 Å². The van der Waals surface area contributed by atoms with Crippen LogP contribution in [0.5, 0.6) is 0 Å². The Morgan fingerprint density at radius 3 is 2.23 bits per heavy atom. The highest BCUT2D eigenvalue weighted by Crippen LogP contribution is 2.35. The number of hydrogen-bond donors (Lipinski definition) is 1. The Morgan fingerprint density at radius 2 is 1.68 bits per heavy atom. The zero-order valence-corrected chi connectivity index (χ0v) is 17.7. The Hall–Kier alpha value is -2.86. The summed E-state index contributed by atoms with van der Waals surface area (Å²) < 4.78 is 66.8. The lowest BCUT2D eigenvalue weighted by molar-refractivity contribution is -0.137. The van der Waals surface area contributed by atoms with Gasteiger partial charge in [-0.3, -0.25) is 0 Å². The van der Waals surface area contributed by atoms with Crippen LogP contribution in [0.25, 0.3) is 0 Å². The van der Waals surface area contributed by atoms with E-state index in [1.807, 2.05) is 0 Å². The largest absolute Gasteiger partial charge is 0.419 e.